The zero-order valence-corrected chi connectivity index (χ0v) is 12.5. The van der Waals surface area contributed by atoms with Crippen molar-refractivity contribution in [2.24, 2.45) is 5.73 Å². The van der Waals surface area contributed by atoms with Gasteiger partial charge in [-0.3, -0.25) is 0 Å². The van der Waals surface area contributed by atoms with Gasteiger partial charge in [-0.25, -0.2) is 0 Å². The minimum absolute atomic E-state index is 0.245. The zero-order valence-electron chi connectivity index (χ0n) is 12.5. The van der Waals surface area contributed by atoms with Crippen molar-refractivity contribution in [3.8, 4) is 0 Å². The van der Waals surface area contributed by atoms with Crippen LogP contribution >= 0.6 is 0 Å². The monoisotopic (exact) mass is 282 g/mol. The van der Waals surface area contributed by atoms with Crippen LogP contribution in [0.3, 0.4) is 0 Å². The summed E-state index contributed by atoms with van der Waals surface area (Å²) in [7, 11) is 0. The van der Waals surface area contributed by atoms with Gasteiger partial charge >= 0.3 is 0 Å². The van der Waals surface area contributed by atoms with E-state index in [4.69, 9.17) is 10.5 Å². The van der Waals surface area contributed by atoms with Crippen molar-refractivity contribution in [3.05, 3.63) is 59.7 Å². The van der Waals surface area contributed by atoms with E-state index in [1.165, 1.54) is 22.5 Å². The Labute approximate surface area is 126 Å². The molecular weight excluding hydrogens is 260 g/mol. The maximum atomic E-state index is 5.89. The molecule has 0 spiro atoms. The molecule has 0 bridgehead atoms. The Hall–Kier alpha value is -1.84. The summed E-state index contributed by atoms with van der Waals surface area (Å²) < 4.78 is 5.89. The number of hydrogen-bond donors (Lipinski definition) is 1. The minimum Gasteiger partial charge on any atom is -0.376 e. The molecule has 0 radical (unpaired) electrons. The summed E-state index contributed by atoms with van der Waals surface area (Å²) in [5.41, 5.74) is 10.8. The second kappa shape index (κ2) is 6.29. The van der Waals surface area contributed by atoms with Crippen LogP contribution in [0.4, 0.5) is 11.4 Å². The third kappa shape index (κ3) is 3.09. The molecule has 0 saturated heterocycles. The molecule has 2 aromatic rings. The van der Waals surface area contributed by atoms with Crippen molar-refractivity contribution in [1.29, 1.82) is 0 Å². The highest BCUT2D eigenvalue weighted by Gasteiger charge is 2.19. The normalized spacial score (nSPS) is 18.8. The fourth-order valence-corrected chi connectivity index (χ4v) is 2.90. The molecule has 3 rings (SSSR count). The lowest BCUT2D eigenvalue weighted by atomic mass is 10.0. The van der Waals surface area contributed by atoms with E-state index in [0.29, 0.717) is 6.54 Å². The summed E-state index contributed by atoms with van der Waals surface area (Å²) in [5, 5.41) is 0. The first-order valence-corrected chi connectivity index (χ1v) is 7.54. The second-order valence-electron chi connectivity index (χ2n) is 5.54. The Bertz CT molecular complexity index is 597. The van der Waals surface area contributed by atoms with Crippen LogP contribution in [0, 0.1) is 0 Å². The van der Waals surface area contributed by atoms with E-state index in [1.807, 2.05) is 6.07 Å². The highest BCUT2D eigenvalue weighted by atomic mass is 16.5. The van der Waals surface area contributed by atoms with Crippen LogP contribution < -0.4 is 10.6 Å². The Morgan fingerprint density at radius 1 is 1.19 bits per heavy atom. The van der Waals surface area contributed by atoms with Crippen LogP contribution in [0.25, 0.3) is 0 Å². The topological polar surface area (TPSA) is 38.5 Å². The number of rotatable bonds is 2. The number of hydrogen-bond acceptors (Lipinski definition) is 3. The molecular formula is C18H22N2O. The van der Waals surface area contributed by atoms with Crippen molar-refractivity contribution in [2.75, 3.05) is 18.1 Å². The molecule has 1 heterocycles. The molecule has 1 atom stereocenters. The predicted molar refractivity (Wildman–Crippen MR) is 86.9 cm³/mol. The Morgan fingerprint density at radius 3 is 2.76 bits per heavy atom. The van der Waals surface area contributed by atoms with Gasteiger partial charge in [0.1, 0.15) is 0 Å². The summed E-state index contributed by atoms with van der Waals surface area (Å²) in [6, 6.07) is 17.0. The van der Waals surface area contributed by atoms with E-state index in [0.717, 1.165) is 19.6 Å². The van der Waals surface area contributed by atoms with Crippen molar-refractivity contribution < 1.29 is 4.74 Å². The Kier molecular flexibility index (Phi) is 4.23. The van der Waals surface area contributed by atoms with Crippen LogP contribution in [0.15, 0.2) is 48.5 Å². The van der Waals surface area contributed by atoms with Crippen molar-refractivity contribution in [2.45, 2.75) is 26.0 Å². The highest BCUT2D eigenvalue weighted by Crippen LogP contribution is 2.31. The van der Waals surface area contributed by atoms with Crippen LogP contribution in [-0.2, 0) is 17.7 Å². The summed E-state index contributed by atoms with van der Waals surface area (Å²) in [5.74, 6) is 0. The summed E-state index contributed by atoms with van der Waals surface area (Å²) in [4.78, 5) is 2.33. The molecule has 3 heteroatoms. The molecule has 110 valence electrons. The first kappa shape index (κ1) is 14.1. The molecule has 0 aromatic heterocycles. The summed E-state index contributed by atoms with van der Waals surface area (Å²) in [6.45, 7) is 4.32. The first-order chi connectivity index (χ1) is 10.3. The summed E-state index contributed by atoms with van der Waals surface area (Å²) in [6.07, 6.45) is 1.17. The van der Waals surface area contributed by atoms with Gasteiger partial charge in [0.05, 0.1) is 12.7 Å². The van der Waals surface area contributed by atoms with E-state index in [9.17, 15) is 0 Å². The average Bonchev–Trinajstić information content (AvgIpc) is 2.51. The van der Waals surface area contributed by atoms with E-state index >= 15 is 0 Å². The van der Waals surface area contributed by atoms with Gasteiger partial charge in [0, 0.05) is 30.9 Å². The van der Waals surface area contributed by atoms with Gasteiger partial charge in [-0.1, -0.05) is 30.3 Å². The third-order valence-corrected chi connectivity index (χ3v) is 3.96. The third-order valence-electron chi connectivity index (χ3n) is 3.96. The van der Waals surface area contributed by atoms with Crippen molar-refractivity contribution >= 4 is 11.4 Å². The van der Waals surface area contributed by atoms with Crippen molar-refractivity contribution in [3.63, 3.8) is 0 Å². The van der Waals surface area contributed by atoms with Crippen molar-refractivity contribution in [1.82, 2.24) is 0 Å². The lowest BCUT2D eigenvalue weighted by molar-refractivity contribution is 0.0703. The van der Waals surface area contributed by atoms with Crippen LogP contribution in [0.2, 0.25) is 0 Å². The number of fused-ring (bicyclic) bond motifs is 1. The molecule has 1 aliphatic heterocycles. The van der Waals surface area contributed by atoms with E-state index < -0.39 is 0 Å². The number of nitrogens with two attached hydrogens (primary N) is 1. The predicted octanol–water partition coefficient (Wildman–Crippen LogP) is 3.24. The van der Waals surface area contributed by atoms with Gasteiger partial charge in [0.2, 0.25) is 0 Å². The molecule has 1 unspecified atom stereocenters. The molecule has 2 aromatic carbocycles. The van der Waals surface area contributed by atoms with Gasteiger partial charge in [-0.15, -0.1) is 0 Å². The van der Waals surface area contributed by atoms with Gasteiger partial charge in [-0.05, 0) is 36.2 Å². The van der Waals surface area contributed by atoms with Gasteiger partial charge < -0.3 is 15.4 Å². The fourth-order valence-electron chi connectivity index (χ4n) is 2.90. The van der Waals surface area contributed by atoms with E-state index in [2.05, 4.69) is 54.3 Å². The quantitative estimate of drug-likeness (QED) is 0.919. The molecule has 0 aliphatic carbocycles. The maximum absolute atomic E-state index is 5.89. The number of benzene rings is 2. The summed E-state index contributed by atoms with van der Waals surface area (Å²) >= 11 is 0. The fraction of sp³-hybridized carbons (Fsp3) is 0.333. The van der Waals surface area contributed by atoms with Crippen LogP contribution in [-0.4, -0.2) is 19.3 Å². The molecule has 21 heavy (non-hydrogen) atoms. The molecule has 1 aliphatic rings. The number of ether oxygens (including phenoxy) is 1. The molecule has 0 amide bonds. The van der Waals surface area contributed by atoms with E-state index in [-0.39, 0.29) is 6.10 Å². The Morgan fingerprint density at radius 2 is 2.00 bits per heavy atom. The average molecular weight is 282 g/mol. The Balaban J connectivity index is 2.05. The van der Waals surface area contributed by atoms with Crippen LogP contribution in [0.1, 0.15) is 18.1 Å². The lowest BCUT2D eigenvalue weighted by Gasteiger charge is -2.31. The number of nitrogens with zero attached hydrogens (tertiary/aromatic N) is 1. The SMILES string of the molecule is CC1Cc2cc(CN)ccc2N(c2ccccc2)CCO1. The largest absolute Gasteiger partial charge is 0.376 e. The number of para-hydroxylation sites is 1. The lowest BCUT2D eigenvalue weighted by Crippen LogP contribution is -2.29. The van der Waals surface area contributed by atoms with Gasteiger partial charge in [0.15, 0.2) is 0 Å². The van der Waals surface area contributed by atoms with Gasteiger partial charge in [0.25, 0.3) is 0 Å². The zero-order chi connectivity index (χ0) is 14.7. The smallest absolute Gasteiger partial charge is 0.0649 e. The molecule has 2 N–H and O–H groups in total. The number of anilines is 2. The molecule has 0 saturated carbocycles. The maximum Gasteiger partial charge on any atom is 0.0649 e. The highest BCUT2D eigenvalue weighted by molar-refractivity contribution is 5.67. The van der Waals surface area contributed by atoms with E-state index in [1.54, 1.807) is 0 Å². The first-order valence-electron chi connectivity index (χ1n) is 7.54. The van der Waals surface area contributed by atoms with Gasteiger partial charge in [-0.2, -0.15) is 0 Å². The standard InChI is InChI=1S/C18H22N2O/c1-14-11-16-12-15(13-19)7-8-18(16)20(9-10-21-14)17-5-3-2-4-6-17/h2-8,12,14H,9-11,13,19H2,1H3. The molecule has 3 nitrogen and oxygen atoms in total. The minimum atomic E-state index is 0.245. The second-order valence-corrected chi connectivity index (χ2v) is 5.54. The van der Waals surface area contributed by atoms with Crippen LogP contribution in [0.5, 0.6) is 0 Å². The molecule has 0 fully saturated rings.